The summed E-state index contributed by atoms with van der Waals surface area (Å²) in [5.41, 5.74) is 0.868. The molecule has 2 atom stereocenters. The molecule has 0 spiro atoms. The summed E-state index contributed by atoms with van der Waals surface area (Å²) in [6.45, 7) is 1.40. The third-order valence-electron chi connectivity index (χ3n) is 2.72. The average molecular weight is 246 g/mol. The molecule has 1 aromatic carbocycles. The van der Waals surface area contributed by atoms with Gasteiger partial charge in [-0.05, 0) is 17.7 Å². The number of nitrogens with zero attached hydrogens (tertiary/aromatic N) is 1. The normalized spacial score (nSPS) is 26.2. The minimum Gasteiger partial charge on any atom is -0.389 e. The van der Waals surface area contributed by atoms with Crippen molar-refractivity contribution < 1.29 is 14.6 Å². The molecule has 1 fully saturated rings. The van der Waals surface area contributed by atoms with Crippen molar-refractivity contribution in [2.24, 2.45) is 0 Å². The number of likely N-dealkylation sites (tertiary alicyclic amines) is 1. The summed E-state index contributed by atoms with van der Waals surface area (Å²) >= 11 is 5.66. The molecular formula is C11H13ClFNO2. The first kappa shape index (κ1) is 11.8. The predicted molar refractivity (Wildman–Crippen MR) is 58.7 cm³/mol. The van der Waals surface area contributed by atoms with Crippen LogP contribution in [0.2, 0.25) is 5.02 Å². The smallest absolute Gasteiger partial charge is 0.141 e. The van der Waals surface area contributed by atoms with Gasteiger partial charge < -0.3 is 10.2 Å². The van der Waals surface area contributed by atoms with Crippen LogP contribution >= 0.6 is 11.6 Å². The van der Waals surface area contributed by atoms with Crippen molar-refractivity contribution in [2.75, 3.05) is 13.1 Å². The zero-order valence-electron chi connectivity index (χ0n) is 8.61. The third-order valence-corrected chi connectivity index (χ3v) is 3.01. The SMILES string of the molecule is OC1CN(Cc2ccc(F)c(Cl)c2)CC1O. The van der Waals surface area contributed by atoms with Crippen molar-refractivity contribution in [1.29, 1.82) is 0 Å². The molecule has 0 aromatic heterocycles. The highest BCUT2D eigenvalue weighted by molar-refractivity contribution is 6.30. The number of aliphatic hydroxyl groups excluding tert-OH is 2. The largest absolute Gasteiger partial charge is 0.389 e. The number of halogens is 2. The first-order valence-electron chi connectivity index (χ1n) is 5.08. The Balaban J connectivity index is 2.02. The van der Waals surface area contributed by atoms with E-state index in [0.29, 0.717) is 19.6 Å². The Morgan fingerprint density at radius 2 is 1.94 bits per heavy atom. The number of rotatable bonds is 2. The minimum absolute atomic E-state index is 0.0952. The molecule has 3 nitrogen and oxygen atoms in total. The maximum Gasteiger partial charge on any atom is 0.141 e. The Morgan fingerprint density at radius 1 is 1.31 bits per heavy atom. The van der Waals surface area contributed by atoms with Crippen LogP contribution in [0.1, 0.15) is 5.56 Å². The van der Waals surface area contributed by atoms with Gasteiger partial charge in [-0.2, -0.15) is 0 Å². The fourth-order valence-corrected chi connectivity index (χ4v) is 2.08. The molecule has 1 aliphatic heterocycles. The predicted octanol–water partition coefficient (Wildman–Crippen LogP) is 1.02. The molecule has 2 unspecified atom stereocenters. The lowest BCUT2D eigenvalue weighted by molar-refractivity contribution is 0.0572. The Kier molecular flexibility index (Phi) is 3.44. The van der Waals surface area contributed by atoms with Gasteiger partial charge in [-0.1, -0.05) is 17.7 Å². The van der Waals surface area contributed by atoms with Crippen molar-refractivity contribution >= 4 is 11.6 Å². The standard InChI is InChI=1S/C11H13ClFNO2/c12-8-3-7(1-2-9(8)13)4-14-5-10(15)11(16)6-14/h1-3,10-11,15-16H,4-6H2. The van der Waals surface area contributed by atoms with Crippen LogP contribution in [-0.2, 0) is 6.54 Å². The van der Waals surface area contributed by atoms with Gasteiger partial charge in [-0.15, -0.1) is 0 Å². The van der Waals surface area contributed by atoms with Crippen LogP contribution in [0.4, 0.5) is 4.39 Å². The molecule has 2 rings (SSSR count). The Bertz CT molecular complexity index is 378. The zero-order valence-corrected chi connectivity index (χ0v) is 9.36. The van der Waals surface area contributed by atoms with E-state index in [2.05, 4.69) is 0 Å². The van der Waals surface area contributed by atoms with E-state index in [9.17, 15) is 14.6 Å². The number of hydrogen-bond acceptors (Lipinski definition) is 3. The van der Waals surface area contributed by atoms with Gasteiger partial charge in [-0.25, -0.2) is 4.39 Å². The van der Waals surface area contributed by atoms with Gasteiger partial charge in [0.1, 0.15) is 5.82 Å². The number of benzene rings is 1. The molecule has 1 aliphatic rings. The average Bonchev–Trinajstić information content (AvgIpc) is 2.52. The molecule has 0 aliphatic carbocycles. The van der Waals surface area contributed by atoms with E-state index in [4.69, 9.17) is 11.6 Å². The molecular weight excluding hydrogens is 233 g/mol. The van der Waals surface area contributed by atoms with Crippen LogP contribution in [0, 0.1) is 5.82 Å². The summed E-state index contributed by atoms with van der Waals surface area (Å²) in [7, 11) is 0. The summed E-state index contributed by atoms with van der Waals surface area (Å²) < 4.78 is 12.9. The molecule has 1 aromatic rings. The van der Waals surface area contributed by atoms with Crippen molar-refractivity contribution in [3.05, 3.63) is 34.6 Å². The fourth-order valence-electron chi connectivity index (χ4n) is 1.87. The van der Waals surface area contributed by atoms with Crippen LogP contribution in [0.5, 0.6) is 0 Å². The number of aliphatic hydroxyl groups is 2. The molecule has 0 bridgehead atoms. The molecule has 16 heavy (non-hydrogen) atoms. The van der Waals surface area contributed by atoms with Crippen LogP contribution in [0.3, 0.4) is 0 Å². The monoisotopic (exact) mass is 245 g/mol. The van der Waals surface area contributed by atoms with E-state index < -0.39 is 18.0 Å². The highest BCUT2D eigenvalue weighted by atomic mass is 35.5. The summed E-state index contributed by atoms with van der Waals surface area (Å²) in [6, 6.07) is 4.53. The van der Waals surface area contributed by atoms with Gasteiger partial charge in [0.05, 0.1) is 17.2 Å². The Morgan fingerprint density at radius 3 is 2.50 bits per heavy atom. The summed E-state index contributed by atoms with van der Waals surface area (Å²) in [6.07, 6.45) is -1.40. The van der Waals surface area contributed by atoms with Gasteiger partial charge >= 0.3 is 0 Å². The Labute approximate surface area is 98.1 Å². The second-order valence-electron chi connectivity index (χ2n) is 4.08. The van der Waals surface area contributed by atoms with Crippen molar-refractivity contribution in [1.82, 2.24) is 4.90 Å². The number of β-amino-alcohol motifs (C(OH)–C–C–N with tert-alkyl or cyclic N) is 2. The minimum atomic E-state index is -0.698. The van der Waals surface area contributed by atoms with Crippen LogP contribution in [-0.4, -0.2) is 40.4 Å². The van der Waals surface area contributed by atoms with Crippen LogP contribution in [0.25, 0.3) is 0 Å². The summed E-state index contributed by atoms with van der Waals surface area (Å²) in [5.74, 6) is -0.438. The maximum atomic E-state index is 12.9. The molecule has 1 saturated heterocycles. The molecule has 2 N–H and O–H groups in total. The number of hydrogen-bond donors (Lipinski definition) is 2. The van der Waals surface area contributed by atoms with Gasteiger partial charge in [0, 0.05) is 19.6 Å². The first-order chi connectivity index (χ1) is 7.56. The highest BCUT2D eigenvalue weighted by Crippen LogP contribution is 2.19. The van der Waals surface area contributed by atoms with E-state index in [1.807, 2.05) is 4.90 Å². The van der Waals surface area contributed by atoms with E-state index in [0.717, 1.165) is 5.56 Å². The van der Waals surface area contributed by atoms with Crippen LogP contribution < -0.4 is 0 Å². The lowest BCUT2D eigenvalue weighted by Crippen LogP contribution is -2.22. The molecule has 0 amide bonds. The summed E-state index contributed by atoms with van der Waals surface area (Å²) in [4.78, 5) is 1.90. The van der Waals surface area contributed by atoms with Crippen molar-refractivity contribution in [3.8, 4) is 0 Å². The fraction of sp³-hybridized carbons (Fsp3) is 0.455. The Hall–Kier alpha value is -0.680. The van der Waals surface area contributed by atoms with Crippen molar-refractivity contribution in [2.45, 2.75) is 18.8 Å². The lowest BCUT2D eigenvalue weighted by Gasteiger charge is -2.14. The third kappa shape index (κ3) is 2.52. The molecule has 88 valence electrons. The van der Waals surface area contributed by atoms with E-state index >= 15 is 0 Å². The van der Waals surface area contributed by atoms with E-state index in [1.165, 1.54) is 6.07 Å². The quantitative estimate of drug-likeness (QED) is 0.818. The molecule has 1 heterocycles. The zero-order chi connectivity index (χ0) is 11.7. The van der Waals surface area contributed by atoms with Crippen molar-refractivity contribution in [3.63, 3.8) is 0 Å². The molecule has 0 radical (unpaired) electrons. The first-order valence-corrected chi connectivity index (χ1v) is 5.46. The second kappa shape index (κ2) is 4.67. The lowest BCUT2D eigenvalue weighted by atomic mass is 10.2. The molecule has 5 heteroatoms. The topological polar surface area (TPSA) is 43.7 Å². The van der Waals surface area contributed by atoms with Gasteiger partial charge in [0.15, 0.2) is 0 Å². The van der Waals surface area contributed by atoms with Gasteiger partial charge in [0.2, 0.25) is 0 Å². The molecule has 0 saturated carbocycles. The van der Waals surface area contributed by atoms with Crippen LogP contribution in [0.15, 0.2) is 18.2 Å². The maximum absolute atomic E-state index is 12.9. The van der Waals surface area contributed by atoms with Gasteiger partial charge in [-0.3, -0.25) is 4.90 Å². The van der Waals surface area contributed by atoms with E-state index in [1.54, 1.807) is 12.1 Å². The highest BCUT2D eigenvalue weighted by Gasteiger charge is 2.29. The summed E-state index contributed by atoms with van der Waals surface area (Å²) in [5, 5.41) is 18.8. The van der Waals surface area contributed by atoms with E-state index in [-0.39, 0.29) is 5.02 Å². The van der Waals surface area contributed by atoms with Gasteiger partial charge in [0.25, 0.3) is 0 Å². The second-order valence-corrected chi connectivity index (χ2v) is 4.48.